The number of nitrogens with one attached hydrogen (secondary N) is 1. The van der Waals surface area contributed by atoms with Crippen molar-refractivity contribution in [3.05, 3.63) is 82.3 Å². The van der Waals surface area contributed by atoms with Gasteiger partial charge in [-0.05, 0) is 31.1 Å². The Morgan fingerprint density at radius 2 is 2.19 bits per heavy atom. The van der Waals surface area contributed by atoms with Crippen LogP contribution in [0.15, 0.2) is 65.6 Å². The Balaban J connectivity index is 2.47. The van der Waals surface area contributed by atoms with Gasteiger partial charge in [0.25, 0.3) is 0 Å². The van der Waals surface area contributed by atoms with Crippen molar-refractivity contribution in [1.82, 2.24) is 9.55 Å². The lowest BCUT2D eigenvalue weighted by atomic mass is 10.1. The average molecular weight is 369 g/mol. The second-order valence-electron chi connectivity index (χ2n) is 6.04. The van der Waals surface area contributed by atoms with Crippen LogP contribution in [0.25, 0.3) is 0 Å². The number of halogens is 1. The molecule has 0 bridgehead atoms. The summed E-state index contributed by atoms with van der Waals surface area (Å²) >= 11 is 0. The maximum atomic E-state index is 12.5. The zero-order valence-corrected chi connectivity index (χ0v) is 15.8. The molecular weight excluding hydrogens is 345 g/mol. The first kappa shape index (κ1) is 20.2. The summed E-state index contributed by atoms with van der Waals surface area (Å²) in [4.78, 5) is 16.3. The quantitative estimate of drug-likeness (QED) is 0.707. The summed E-state index contributed by atoms with van der Waals surface area (Å²) in [5, 5.41) is 3.21. The fourth-order valence-corrected chi connectivity index (χ4v) is 2.61. The molecule has 0 aliphatic rings. The maximum absolute atomic E-state index is 12.5. The fraction of sp³-hybridized carbons (Fsp3) is 0.238. The number of hydrogen-bond acceptors (Lipinski definition) is 4. The smallest absolute Gasteiger partial charge is 0.316 e. The molecule has 2 aromatic rings. The van der Waals surface area contributed by atoms with Gasteiger partial charge in [0.1, 0.15) is 6.67 Å². The van der Waals surface area contributed by atoms with Crippen LogP contribution in [0.3, 0.4) is 0 Å². The van der Waals surface area contributed by atoms with E-state index in [-0.39, 0.29) is 5.75 Å². The highest BCUT2D eigenvalue weighted by Gasteiger charge is 2.11. The van der Waals surface area contributed by atoms with E-state index in [1.54, 1.807) is 29.0 Å². The van der Waals surface area contributed by atoms with Crippen LogP contribution in [0.2, 0.25) is 0 Å². The van der Waals surface area contributed by atoms with Crippen LogP contribution in [0.5, 0.6) is 5.75 Å². The molecule has 0 saturated heterocycles. The molecule has 0 aliphatic heterocycles. The van der Waals surface area contributed by atoms with Gasteiger partial charge in [-0.15, -0.1) is 0 Å². The van der Waals surface area contributed by atoms with E-state index in [1.807, 2.05) is 32.0 Å². The molecule has 0 radical (unpaired) electrons. The largest absolute Gasteiger partial charge is 0.490 e. The van der Waals surface area contributed by atoms with Crippen molar-refractivity contribution in [2.75, 3.05) is 19.1 Å². The number of allylic oxidation sites excluding steroid dienone is 5. The van der Waals surface area contributed by atoms with E-state index in [0.717, 1.165) is 22.4 Å². The van der Waals surface area contributed by atoms with Gasteiger partial charge in [0.15, 0.2) is 0 Å². The van der Waals surface area contributed by atoms with Crippen molar-refractivity contribution in [3.63, 3.8) is 0 Å². The van der Waals surface area contributed by atoms with Crippen LogP contribution in [0.1, 0.15) is 11.1 Å². The van der Waals surface area contributed by atoms with E-state index in [2.05, 4.69) is 16.9 Å². The van der Waals surface area contributed by atoms with Crippen molar-refractivity contribution in [3.8, 4) is 5.75 Å². The Morgan fingerprint density at radius 1 is 1.41 bits per heavy atom. The highest BCUT2D eigenvalue weighted by Crippen LogP contribution is 2.21. The molecule has 1 aromatic carbocycles. The Bertz CT molecular complexity index is 930. The second kappa shape index (κ2) is 9.52. The number of benzene rings is 1. The summed E-state index contributed by atoms with van der Waals surface area (Å²) < 4.78 is 19.4. The van der Waals surface area contributed by atoms with E-state index in [9.17, 15) is 9.18 Å². The van der Waals surface area contributed by atoms with Crippen molar-refractivity contribution in [1.29, 1.82) is 0 Å². The molecule has 1 aromatic heterocycles. The first-order valence-electron chi connectivity index (χ1n) is 8.52. The zero-order chi connectivity index (χ0) is 19.8. The zero-order valence-electron chi connectivity index (χ0n) is 15.8. The Kier molecular flexibility index (Phi) is 7.11. The van der Waals surface area contributed by atoms with Crippen LogP contribution in [0.4, 0.5) is 16.0 Å². The van der Waals surface area contributed by atoms with Gasteiger partial charge in [-0.3, -0.25) is 4.79 Å². The van der Waals surface area contributed by atoms with Gasteiger partial charge < -0.3 is 14.6 Å². The monoisotopic (exact) mass is 369 g/mol. The van der Waals surface area contributed by atoms with E-state index >= 15 is 0 Å². The number of hydrogen-bond donors (Lipinski definition) is 1. The van der Waals surface area contributed by atoms with Gasteiger partial charge in [-0.2, -0.15) is 4.98 Å². The van der Waals surface area contributed by atoms with Crippen molar-refractivity contribution in [2.45, 2.75) is 20.4 Å². The molecule has 6 heteroatoms. The fourth-order valence-electron chi connectivity index (χ4n) is 2.61. The van der Waals surface area contributed by atoms with Gasteiger partial charge >= 0.3 is 5.56 Å². The number of methoxy groups -OCH3 is 1. The normalized spacial score (nSPS) is 11.6. The molecule has 1 N–H and O–H groups in total. The topological polar surface area (TPSA) is 56.2 Å². The average Bonchev–Trinajstić information content (AvgIpc) is 2.64. The standard InChI is InChI=1S/C21H24FN3O2/c1-5-7-17(8-6-11-22)13-25-14-19(27-4)20(26)24-21(25)23-18-10-9-15(2)12-16(18)3/h5-10,12,14H,1,11,13H2,2-4H3,(H,23,24,26)/b8-6-,17-7+. The van der Waals surface area contributed by atoms with E-state index in [4.69, 9.17) is 4.74 Å². The van der Waals surface area contributed by atoms with E-state index < -0.39 is 12.2 Å². The summed E-state index contributed by atoms with van der Waals surface area (Å²) in [6.07, 6.45) is 8.08. The second-order valence-corrected chi connectivity index (χ2v) is 6.04. The Morgan fingerprint density at radius 3 is 2.81 bits per heavy atom. The van der Waals surface area contributed by atoms with Crippen molar-refractivity contribution < 1.29 is 9.13 Å². The third-order valence-electron chi connectivity index (χ3n) is 3.92. The molecule has 2 rings (SSSR count). The highest BCUT2D eigenvalue weighted by atomic mass is 19.1. The van der Waals surface area contributed by atoms with Crippen LogP contribution in [-0.2, 0) is 6.54 Å². The molecule has 0 fully saturated rings. The minimum Gasteiger partial charge on any atom is -0.490 e. The van der Waals surface area contributed by atoms with Gasteiger partial charge in [0.2, 0.25) is 11.7 Å². The summed E-state index contributed by atoms with van der Waals surface area (Å²) in [6, 6.07) is 5.96. The lowest BCUT2D eigenvalue weighted by molar-refractivity contribution is 0.402. The Labute approximate surface area is 158 Å². The summed E-state index contributed by atoms with van der Waals surface area (Å²) in [5.74, 6) is 0.505. The number of rotatable bonds is 8. The number of ether oxygens (including phenoxy) is 1. The molecule has 0 aliphatic carbocycles. The van der Waals surface area contributed by atoms with Crippen LogP contribution < -0.4 is 15.6 Å². The van der Waals surface area contributed by atoms with Crippen LogP contribution in [-0.4, -0.2) is 23.3 Å². The number of aromatic nitrogens is 2. The molecule has 5 nitrogen and oxygen atoms in total. The third kappa shape index (κ3) is 5.41. The molecule has 0 atom stereocenters. The van der Waals surface area contributed by atoms with Crippen molar-refractivity contribution in [2.24, 2.45) is 0 Å². The minimum absolute atomic E-state index is 0.133. The minimum atomic E-state index is -0.562. The van der Waals surface area contributed by atoms with Gasteiger partial charge in [0.05, 0.1) is 19.9 Å². The number of nitrogens with zero attached hydrogens (tertiary/aromatic N) is 2. The molecule has 0 spiro atoms. The van der Waals surface area contributed by atoms with E-state index in [0.29, 0.717) is 12.5 Å². The van der Waals surface area contributed by atoms with Crippen molar-refractivity contribution >= 4 is 11.6 Å². The molecule has 1 heterocycles. The van der Waals surface area contributed by atoms with Crippen LogP contribution in [0, 0.1) is 13.8 Å². The predicted octanol–water partition coefficient (Wildman–Crippen LogP) is 4.25. The predicted molar refractivity (Wildman–Crippen MR) is 108 cm³/mol. The lowest BCUT2D eigenvalue weighted by Gasteiger charge is -2.17. The maximum Gasteiger partial charge on any atom is 0.316 e. The van der Waals surface area contributed by atoms with Gasteiger partial charge in [0, 0.05) is 5.69 Å². The molecule has 0 unspecified atom stereocenters. The summed E-state index contributed by atoms with van der Waals surface area (Å²) in [5.41, 5.74) is 3.37. The third-order valence-corrected chi connectivity index (χ3v) is 3.92. The molecule has 142 valence electrons. The molecule has 0 saturated carbocycles. The summed E-state index contributed by atoms with van der Waals surface area (Å²) in [6.45, 7) is 7.48. The first-order chi connectivity index (χ1) is 13.0. The number of aryl methyl sites for hydroxylation is 2. The number of anilines is 2. The SMILES string of the molecule is C=C/C=C(\C=C/CF)Cn1cc(OC)c(=O)nc1Nc1ccc(C)cc1C. The van der Waals surface area contributed by atoms with Crippen LogP contribution >= 0.6 is 0 Å². The van der Waals surface area contributed by atoms with Gasteiger partial charge in [-0.1, -0.05) is 48.6 Å². The summed E-state index contributed by atoms with van der Waals surface area (Å²) in [7, 11) is 1.42. The number of alkyl halides is 1. The Hall–Kier alpha value is -3.15. The highest BCUT2D eigenvalue weighted by molar-refractivity contribution is 5.59. The molecule has 27 heavy (non-hydrogen) atoms. The van der Waals surface area contributed by atoms with E-state index in [1.165, 1.54) is 13.2 Å². The van der Waals surface area contributed by atoms with Gasteiger partial charge in [-0.25, -0.2) is 4.39 Å². The first-order valence-corrected chi connectivity index (χ1v) is 8.52. The molecular formula is C21H24FN3O2. The molecule has 0 amide bonds. The lowest BCUT2D eigenvalue weighted by Crippen LogP contribution is -2.19.